The van der Waals surface area contributed by atoms with Gasteiger partial charge in [-0.25, -0.2) is 4.79 Å². The normalized spacial score (nSPS) is 16.8. The SMILES string of the molecule is COC(=O)c1cc(C2CCNCC2)c[nH]c1=O. The lowest BCUT2D eigenvalue weighted by molar-refractivity contribution is 0.0598. The highest BCUT2D eigenvalue weighted by Crippen LogP contribution is 2.24. The lowest BCUT2D eigenvalue weighted by Gasteiger charge is -2.22. The molecule has 0 spiro atoms. The third-order valence-corrected chi connectivity index (χ3v) is 3.14. The van der Waals surface area contributed by atoms with Gasteiger partial charge in [0.1, 0.15) is 5.56 Å². The highest BCUT2D eigenvalue weighted by atomic mass is 16.5. The summed E-state index contributed by atoms with van der Waals surface area (Å²) in [5.41, 5.74) is 0.699. The maximum absolute atomic E-state index is 11.5. The molecule has 1 fully saturated rings. The Hall–Kier alpha value is -1.62. The number of hydrogen-bond donors (Lipinski definition) is 2. The fraction of sp³-hybridized carbons (Fsp3) is 0.500. The summed E-state index contributed by atoms with van der Waals surface area (Å²) < 4.78 is 4.59. The van der Waals surface area contributed by atoms with Crippen molar-refractivity contribution in [3.05, 3.63) is 33.7 Å². The van der Waals surface area contributed by atoms with E-state index in [0.29, 0.717) is 5.92 Å². The number of pyridine rings is 1. The van der Waals surface area contributed by atoms with Gasteiger partial charge in [-0.2, -0.15) is 0 Å². The molecule has 1 saturated heterocycles. The molecule has 2 N–H and O–H groups in total. The Kier molecular flexibility index (Phi) is 3.58. The quantitative estimate of drug-likeness (QED) is 0.739. The molecular weight excluding hydrogens is 220 g/mol. The standard InChI is InChI=1S/C12H16N2O3/c1-17-12(16)10-6-9(7-14-11(10)15)8-2-4-13-5-3-8/h6-8,13H,2-5H2,1H3,(H,14,15). The Morgan fingerprint density at radius 1 is 1.41 bits per heavy atom. The van der Waals surface area contributed by atoms with Crippen molar-refractivity contribution < 1.29 is 9.53 Å². The van der Waals surface area contributed by atoms with Crippen LogP contribution >= 0.6 is 0 Å². The van der Waals surface area contributed by atoms with Gasteiger partial charge in [0, 0.05) is 6.20 Å². The molecule has 0 saturated carbocycles. The van der Waals surface area contributed by atoms with Gasteiger partial charge in [-0.15, -0.1) is 0 Å². The highest BCUT2D eigenvalue weighted by molar-refractivity contribution is 5.89. The van der Waals surface area contributed by atoms with Crippen LogP contribution in [-0.2, 0) is 4.74 Å². The van der Waals surface area contributed by atoms with Crippen molar-refractivity contribution in [3.63, 3.8) is 0 Å². The second-order valence-electron chi connectivity index (χ2n) is 4.19. The van der Waals surface area contributed by atoms with E-state index in [2.05, 4.69) is 15.0 Å². The van der Waals surface area contributed by atoms with Crippen LogP contribution in [0.5, 0.6) is 0 Å². The third-order valence-electron chi connectivity index (χ3n) is 3.14. The molecule has 92 valence electrons. The van der Waals surface area contributed by atoms with Crippen LogP contribution in [0, 0.1) is 0 Å². The van der Waals surface area contributed by atoms with Crippen LogP contribution in [0.15, 0.2) is 17.1 Å². The molecule has 0 radical (unpaired) electrons. The summed E-state index contributed by atoms with van der Waals surface area (Å²) in [6, 6.07) is 1.65. The average Bonchev–Trinajstić information content (AvgIpc) is 2.39. The van der Waals surface area contributed by atoms with Crippen LogP contribution in [0.1, 0.15) is 34.7 Å². The molecule has 0 amide bonds. The van der Waals surface area contributed by atoms with Crippen molar-refractivity contribution in [3.8, 4) is 0 Å². The van der Waals surface area contributed by atoms with E-state index in [1.807, 2.05) is 0 Å². The van der Waals surface area contributed by atoms with E-state index in [1.165, 1.54) is 7.11 Å². The van der Waals surface area contributed by atoms with Crippen LogP contribution < -0.4 is 10.9 Å². The molecule has 0 unspecified atom stereocenters. The van der Waals surface area contributed by atoms with Crippen molar-refractivity contribution in [2.24, 2.45) is 0 Å². The molecule has 5 nitrogen and oxygen atoms in total. The Morgan fingerprint density at radius 3 is 2.76 bits per heavy atom. The number of hydrogen-bond acceptors (Lipinski definition) is 4. The number of rotatable bonds is 2. The molecule has 5 heteroatoms. The topological polar surface area (TPSA) is 71.2 Å². The molecule has 0 aromatic carbocycles. The molecular formula is C12H16N2O3. The molecule has 1 aromatic heterocycles. The first kappa shape index (κ1) is 11.9. The number of ether oxygens (including phenoxy) is 1. The van der Waals surface area contributed by atoms with E-state index in [9.17, 15) is 9.59 Å². The predicted molar refractivity (Wildman–Crippen MR) is 63.2 cm³/mol. The van der Waals surface area contributed by atoms with Crippen molar-refractivity contribution in [1.29, 1.82) is 0 Å². The molecule has 2 rings (SSSR count). The van der Waals surface area contributed by atoms with Crippen molar-refractivity contribution in [2.45, 2.75) is 18.8 Å². The van der Waals surface area contributed by atoms with E-state index in [0.717, 1.165) is 31.5 Å². The number of piperidine rings is 1. The monoisotopic (exact) mass is 236 g/mol. The summed E-state index contributed by atoms with van der Waals surface area (Å²) in [5.74, 6) is -0.182. The number of aromatic amines is 1. The van der Waals surface area contributed by atoms with Gasteiger partial charge in [0.15, 0.2) is 0 Å². The summed E-state index contributed by atoms with van der Waals surface area (Å²) in [7, 11) is 1.28. The van der Waals surface area contributed by atoms with Gasteiger partial charge < -0.3 is 15.0 Å². The van der Waals surface area contributed by atoms with Gasteiger partial charge in [-0.05, 0) is 43.5 Å². The smallest absolute Gasteiger partial charge is 0.343 e. The Bertz CT molecular complexity index is 461. The predicted octanol–water partition coefficient (Wildman–Crippen LogP) is 0.628. The number of aromatic nitrogens is 1. The molecule has 0 aliphatic carbocycles. The fourth-order valence-corrected chi connectivity index (χ4v) is 2.15. The van der Waals surface area contributed by atoms with Crippen LogP contribution in [0.3, 0.4) is 0 Å². The maximum Gasteiger partial charge on any atom is 0.343 e. The van der Waals surface area contributed by atoms with Crippen LogP contribution in [0.4, 0.5) is 0 Å². The van der Waals surface area contributed by atoms with Crippen molar-refractivity contribution >= 4 is 5.97 Å². The lowest BCUT2D eigenvalue weighted by Crippen LogP contribution is -2.27. The largest absolute Gasteiger partial charge is 0.465 e. The number of nitrogens with one attached hydrogen (secondary N) is 2. The van der Waals surface area contributed by atoms with Gasteiger partial charge in [-0.3, -0.25) is 4.79 Å². The number of carbonyl (C=O) groups is 1. The van der Waals surface area contributed by atoms with Crippen LogP contribution in [0.2, 0.25) is 0 Å². The first-order valence-corrected chi connectivity index (χ1v) is 5.74. The Labute approximate surface area is 99.2 Å². The van der Waals surface area contributed by atoms with Crippen LogP contribution in [-0.4, -0.2) is 31.2 Å². The first-order valence-electron chi connectivity index (χ1n) is 5.74. The zero-order valence-corrected chi connectivity index (χ0v) is 9.79. The third kappa shape index (κ3) is 2.55. The van der Waals surface area contributed by atoms with Gasteiger partial charge in [-0.1, -0.05) is 0 Å². The number of H-pyrrole nitrogens is 1. The van der Waals surface area contributed by atoms with Crippen molar-refractivity contribution in [2.75, 3.05) is 20.2 Å². The minimum Gasteiger partial charge on any atom is -0.465 e. The van der Waals surface area contributed by atoms with Gasteiger partial charge in [0.2, 0.25) is 0 Å². The van der Waals surface area contributed by atoms with E-state index >= 15 is 0 Å². The van der Waals surface area contributed by atoms with Gasteiger partial charge in [0.05, 0.1) is 7.11 Å². The van der Waals surface area contributed by atoms with E-state index in [1.54, 1.807) is 12.3 Å². The zero-order valence-electron chi connectivity index (χ0n) is 9.79. The second-order valence-corrected chi connectivity index (χ2v) is 4.19. The highest BCUT2D eigenvalue weighted by Gasteiger charge is 2.18. The molecule has 1 aliphatic rings. The van der Waals surface area contributed by atoms with E-state index < -0.39 is 11.5 Å². The Balaban J connectivity index is 2.29. The van der Waals surface area contributed by atoms with Gasteiger partial charge >= 0.3 is 5.97 Å². The number of esters is 1. The summed E-state index contributed by atoms with van der Waals surface area (Å²) in [5, 5.41) is 3.28. The summed E-state index contributed by atoms with van der Waals surface area (Å²) in [6.45, 7) is 1.94. The van der Waals surface area contributed by atoms with Crippen LogP contribution in [0.25, 0.3) is 0 Å². The maximum atomic E-state index is 11.5. The summed E-state index contributed by atoms with van der Waals surface area (Å²) >= 11 is 0. The average molecular weight is 236 g/mol. The minimum atomic E-state index is -0.581. The lowest BCUT2D eigenvalue weighted by atomic mass is 9.91. The molecule has 0 atom stereocenters. The Morgan fingerprint density at radius 2 is 2.12 bits per heavy atom. The van der Waals surface area contributed by atoms with Gasteiger partial charge in [0.25, 0.3) is 5.56 Å². The minimum absolute atomic E-state index is 0.0866. The number of methoxy groups -OCH3 is 1. The second kappa shape index (κ2) is 5.14. The first-order chi connectivity index (χ1) is 8.22. The molecule has 0 bridgehead atoms. The molecule has 2 heterocycles. The molecule has 1 aromatic rings. The fourth-order valence-electron chi connectivity index (χ4n) is 2.15. The summed E-state index contributed by atoms with van der Waals surface area (Å²) in [4.78, 5) is 25.5. The molecule has 1 aliphatic heterocycles. The van der Waals surface area contributed by atoms with E-state index in [4.69, 9.17) is 0 Å². The summed E-state index contributed by atoms with van der Waals surface area (Å²) in [6.07, 6.45) is 3.74. The van der Waals surface area contributed by atoms with E-state index in [-0.39, 0.29) is 5.56 Å². The molecule has 17 heavy (non-hydrogen) atoms. The number of carbonyl (C=O) groups excluding carboxylic acids is 1. The van der Waals surface area contributed by atoms with Crippen molar-refractivity contribution in [1.82, 2.24) is 10.3 Å². The zero-order chi connectivity index (χ0) is 12.3.